The Hall–Kier alpha value is -3.27. The molecule has 2 heterocycles. The monoisotopic (exact) mass is 485 g/mol. The molecule has 0 saturated heterocycles. The van der Waals surface area contributed by atoms with Crippen molar-refractivity contribution in [1.29, 1.82) is 0 Å². The molecule has 0 radical (unpaired) electrons. The van der Waals surface area contributed by atoms with Crippen LogP contribution in [0.15, 0.2) is 27.8 Å². The van der Waals surface area contributed by atoms with E-state index in [0.717, 1.165) is 44.1 Å². The molecule has 1 aromatic carbocycles. The maximum absolute atomic E-state index is 13.7. The van der Waals surface area contributed by atoms with Crippen LogP contribution in [0.5, 0.6) is 11.5 Å². The van der Waals surface area contributed by atoms with Crippen LogP contribution in [0.2, 0.25) is 0 Å². The largest absolute Gasteiger partial charge is 0.454 e. The molecular formula is C25H35N5O5. The molecule has 2 aromatic rings. The summed E-state index contributed by atoms with van der Waals surface area (Å²) in [6, 6.07) is 5.64. The van der Waals surface area contributed by atoms with E-state index in [1.54, 1.807) is 4.90 Å². The van der Waals surface area contributed by atoms with Gasteiger partial charge in [-0.3, -0.25) is 24.0 Å². The first kappa shape index (κ1) is 24.8. The van der Waals surface area contributed by atoms with E-state index in [0.29, 0.717) is 31.1 Å². The molecule has 190 valence electrons. The average molecular weight is 486 g/mol. The van der Waals surface area contributed by atoms with E-state index >= 15 is 0 Å². The van der Waals surface area contributed by atoms with Gasteiger partial charge in [-0.15, -0.1) is 0 Å². The summed E-state index contributed by atoms with van der Waals surface area (Å²) in [5.41, 5.74) is 6.32. The molecule has 1 aromatic heterocycles. The zero-order chi connectivity index (χ0) is 24.9. The number of ether oxygens (including phenoxy) is 2. The molecule has 1 aliphatic heterocycles. The Morgan fingerprint density at radius 3 is 2.63 bits per heavy atom. The average Bonchev–Trinajstić information content (AvgIpc) is 3.53. The van der Waals surface area contributed by atoms with Gasteiger partial charge in [0.05, 0.1) is 6.54 Å². The Morgan fingerprint density at radius 1 is 1.17 bits per heavy atom. The fourth-order valence-electron chi connectivity index (χ4n) is 4.87. The molecule has 10 heteroatoms. The van der Waals surface area contributed by atoms with Crippen LogP contribution in [-0.2, 0) is 17.9 Å². The number of nitrogens with one attached hydrogen (secondary N) is 1. The Morgan fingerprint density at radius 2 is 1.91 bits per heavy atom. The molecule has 0 unspecified atom stereocenters. The van der Waals surface area contributed by atoms with Gasteiger partial charge in [0.25, 0.3) is 5.56 Å². The minimum absolute atomic E-state index is 0.0614. The molecule has 10 nitrogen and oxygen atoms in total. The number of benzene rings is 1. The van der Waals surface area contributed by atoms with Crippen LogP contribution < -0.4 is 31.4 Å². The van der Waals surface area contributed by atoms with E-state index in [1.807, 2.05) is 36.9 Å². The highest BCUT2D eigenvalue weighted by Gasteiger charge is 2.33. The van der Waals surface area contributed by atoms with Gasteiger partial charge in [0, 0.05) is 19.1 Å². The van der Waals surface area contributed by atoms with Gasteiger partial charge >= 0.3 is 5.69 Å². The molecule has 1 amide bonds. The number of carbonyl (C=O) groups is 1. The molecule has 3 N–H and O–H groups in total. The lowest BCUT2D eigenvalue weighted by atomic mass is 10.1. The van der Waals surface area contributed by atoms with Crippen LogP contribution in [0.3, 0.4) is 0 Å². The van der Waals surface area contributed by atoms with E-state index in [-0.39, 0.29) is 36.8 Å². The summed E-state index contributed by atoms with van der Waals surface area (Å²) < 4.78 is 12.2. The van der Waals surface area contributed by atoms with Crippen LogP contribution in [0.1, 0.15) is 57.9 Å². The standard InChI is InChI=1S/C25H35N5O5/c1-3-5-12-29-23(26)22(24(32)27-25(29)33)30(18-8-6-7-9-18)21(31)15-28(4-2)14-17-10-11-19-20(13-17)35-16-34-19/h10-11,13,18H,3-9,12,14-16,26H2,1-2H3,(H,27,32,33). The summed E-state index contributed by atoms with van der Waals surface area (Å²) in [5, 5.41) is 0. The summed E-state index contributed by atoms with van der Waals surface area (Å²) in [5.74, 6) is 1.28. The SMILES string of the molecule is CCCCn1c(N)c(N(C(=O)CN(CC)Cc2ccc3c(c2)OCO3)C2CCCC2)c(=O)[nH]c1=O. The van der Waals surface area contributed by atoms with Crippen molar-refractivity contribution < 1.29 is 14.3 Å². The number of aromatic amines is 1. The number of rotatable bonds is 10. The number of H-pyrrole nitrogens is 1. The fraction of sp³-hybridized carbons (Fsp3) is 0.560. The third kappa shape index (κ3) is 5.37. The predicted molar refractivity (Wildman–Crippen MR) is 134 cm³/mol. The molecule has 0 bridgehead atoms. The first-order valence-electron chi connectivity index (χ1n) is 12.5. The lowest BCUT2D eigenvalue weighted by molar-refractivity contribution is -0.120. The number of aromatic nitrogens is 2. The van der Waals surface area contributed by atoms with Crippen molar-refractivity contribution in [3.8, 4) is 11.5 Å². The molecule has 0 spiro atoms. The van der Waals surface area contributed by atoms with Crippen molar-refractivity contribution in [2.24, 2.45) is 0 Å². The third-order valence-electron chi connectivity index (χ3n) is 6.80. The second kappa shape index (κ2) is 11.0. The topological polar surface area (TPSA) is 123 Å². The number of anilines is 2. The van der Waals surface area contributed by atoms with Crippen molar-refractivity contribution in [3.05, 3.63) is 44.6 Å². The van der Waals surface area contributed by atoms with Crippen molar-refractivity contribution in [2.75, 3.05) is 30.5 Å². The van der Waals surface area contributed by atoms with Gasteiger partial charge in [-0.1, -0.05) is 39.2 Å². The van der Waals surface area contributed by atoms with Crippen LogP contribution in [0, 0.1) is 0 Å². The normalized spacial score (nSPS) is 15.2. The Balaban J connectivity index is 1.61. The summed E-state index contributed by atoms with van der Waals surface area (Å²) in [4.78, 5) is 45.1. The summed E-state index contributed by atoms with van der Waals surface area (Å²) in [7, 11) is 0. The number of amides is 1. The molecule has 1 aliphatic carbocycles. The van der Waals surface area contributed by atoms with Crippen molar-refractivity contribution in [2.45, 2.75) is 71.5 Å². The Labute approximate surface area is 204 Å². The number of hydrogen-bond acceptors (Lipinski definition) is 7. The van der Waals surface area contributed by atoms with Crippen LogP contribution >= 0.6 is 0 Å². The summed E-state index contributed by atoms with van der Waals surface area (Å²) in [6.45, 7) is 5.91. The number of fused-ring (bicyclic) bond motifs is 1. The first-order chi connectivity index (χ1) is 16.9. The Kier molecular flexibility index (Phi) is 7.80. The minimum Gasteiger partial charge on any atom is -0.454 e. The molecule has 4 rings (SSSR count). The number of likely N-dealkylation sites (N-methyl/N-ethyl adjacent to an activating group) is 1. The highest BCUT2D eigenvalue weighted by Crippen LogP contribution is 2.33. The molecule has 1 saturated carbocycles. The molecule has 2 aliphatic rings. The van der Waals surface area contributed by atoms with Crippen LogP contribution in [0.25, 0.3) is 0 Å². The quantitative estimate of drug-likeness (QED) is 0.530. The number of hydrogen-bond donors (Lipinski definition) is 2. The number of unbranched alkanes of at least 4 members (excludes halogenated alkanes) is 1. The number of nitrogen functional groups attached to an aromatic ring is 1. The van der Waals surface area contributed by atoms with E-state index in [4.69, 9.17) is 15.2 Å². The maximum Gasteiger partial charge on any atom is 0.330 e. The highest BCUT2D eigenvalue weighted by molar-refractivity contribution is 5.97. The first-order valence-corrected chi connectivity index (χ1v) is 12.5. The number of nitrogens with two attached hydrogens (primary N) is 1. The zero-order valence-corrected chi connectivity index (χ0v) is 20.5. The van der Waals surface area contributed by atoms with Crippen LogP contribution in [-0.4, -0.2) is 46.3 Å². The van der Waals surface area contributed by atoms with E-state index < -0.39 is 11.2 Å². The van der Waals surface area contributed by atoms with Gasteiger partial charge in [0.15, 0.2) is 17.2 Å². The smallest absolute Gasteiger partial charge is 0.330 e. The molecule has 0 atom stereocenters. The van der Waals surface area contributed by atoms with Gasteiger partial charge in [-0.25, -0.2) is 4.79 Å². The number of nitrogens with zero attached hydrogens (tertiary/aromatic N) is 3. The van der Waals surface area contributed by atoms with Gasteiger partial charge < -0.3 is 20.1 Å². The van der Waals surface area contributed by atoms with Gasteiger partial charge in [0.2, 0.25) is 12.7 Å². The van der Waals surface area contributed by atoms with Crippen molar-refractivity contribution in [3.63, 3.8) is 0 Å². The minimum atomic E-state index is -0.612. The zero-order valence-electron chi connectivity index (χ0n) is 20.5. The number of carbonyl (C=O) groups excluding carboxylic acids is 1. The molecule has 35 heavy (non-hydrogen) atoms. The van der Waals surface area contributed by atoms with E-state index in [1.165, 1.54) is 4.57 Å². The van der Waals surface area contributed by atoms with Gasteiger partial charge in [-0.05, 0) is 43.5 Å². The second-order valence-electron chi connectivity index (χ2n) is 9.19. The molecular weight excluding hydrogens is 450 g/mol. The second-order valence-corrected chi connectivity index (χ2v) is 9.19. The van der Waals surface area contributed by atoms with Gasteiger partial charge in [0.1, 0.15) is 5.82 Å². The van der Waals surface area contributed by atoms with Crippen LogP contribution in [0.4, 0.5) is 11.5 Å². The summed E-state index contributed by atoms with van der Waals surface area (Å²) in [6.07, 6.45) is 5.18. The van der Waals surface area contributed by atoms with Crippen molar-refractivity contribution >= 4 is 17.4 Å². The Bertz CT molecular complexity index is 1170. The van der Waals surface area contributed by atoms with Crippen molar-refractivity contribution in [1.82, 2.24) is 14.5 Å². The van der Waals surface area contributed by atoms with Gasteiger partial charge in [-0.2, -0.15) is 0 Å². The summed E-state index contributed by atoms with van der Waals surface area (Å²) >= 11 is 0. The fourth-order valence-corrected chi connectivity index (χ4v) is 4.87. The predicted octanol–water partition coefficient (Wildman–Crippen LogP) is 2.45. The highest BCUT2D eigenvalue weighted by atomic mass is 16.7. The maximum atomic E-state index is 13.7. The van der Waals surface area contributed by atoms with E-state index in [9.17, 15) is 14.4 Å². The lowest BCUT2D eigenvalue weighted by Crippen LogP contribution is -2.49. The third-order valence-corrected chi connectivity index (χ3v) is 6.80. The lowest BCUT2D eigenvalue weighted by Gasteiger charge is -2.32. The molecule has 1 fully saturated rings. The van der Waals surface area contributed by atoms with E-state index in [2.05, 4.69) is 4.98 Å².